The molecule has 1 unspecified atom stereocenters. The maximum Gasteiger partial charge on any atom is 0.272 e. The lowest BCUT2D eigenvalue weighted by Crippen LogP contribution is -2.48. The van der Waals surface area contributed by atoms with E-state index < -0.39 is 9.84 Å². The molecule has 1 N–H and O–H groups in total. The topological polar surface area (TPSA) is 84.3 Å². The second kappa shape index (κ2) is 7.11. The van der Waals surface area contributed by atoms with Crippen LogP contribution in [0.2, 0.25) is 0 Å². The summed E-state index contributed by atoms with van der Waals surface area (Å²) in [4.78, 5) is 14.9. The number of amides is 1. The van der Waals surface area contributed by atoms with Crippen LogP contribution < -0.4 is 10.2 Å². The molecular weight excluding hydrogens is 352 g/mol. The van der Waals surface area contributed by atoms with E-state index >= 15 is 0 Å². The SMILES string of the molecule is Cc1cc(C(=O)NC2CCCN(c3ccc(S(C)(=O)=O)cc3)C2)nn1C. The van der Waals surface area contributed by atoms with Crippen molar-refractivity contribution < 1.29 is 13.2 Å². The van der Waals surface area contributed by atoms with Gasteiger partial charge in [-0.1, -0.05) is 0 Å². The maximum atomic E-state index is 12.4. The molecule has 1 aromatic carbocycles. The van der Waals surface area contributed by atoms with Crippen LogP contribution in [-0.2, 0) is 16.9 Å². The van der Waals surface area contributed by atoms with Crippen molar-refractivity contribution in [3.63, 3.8) is 0 Å². The number of hydrogen-bond donors (Lipinski definition) is 1. The first-order chi connectivity index (χ1) is 12.2. The lowest BCUT2D eigenvalue weighted by atomic mass is 10.0. The molecule has 1 saturated heterocycles. The quantitative estimate of drug-likeness (QED) is 0.875. The van der Waals surface area contributed by atoms with Gasteiger partial charge in [0.15, 0.2) is 9.84 Å². The van der Waals surface area contributed by atoms with Crippen LogP contribution in [0.4, 0.5) is 5.69 Å². The number of nitrogens with one attached hydrogen (secondary N) is 1. The monoisotopic (exact) mass is 376 g/mol. The molecule has 1 atom stereocenters. The normalized spacial score (nSPS) is 18.0. The lowest BCUT2D eigenvalue weighted by Gasteiger charge is -2.34. The standard InChI is InChI=1S/C18H24N4O3S/c1-13-11-17(20-21(13)2)18(23)19-14-5-4-10-22(12-14)15-6-8-16(9-7-15)26(3,24)25/h6-9,11,14H,4-5,10,12H2,1-3H3,(H,19,23). The van der Waals surface area contributed by atoms with Crippen LogP contribution in [-0.4, -0.2) is 49.5 Å². The molecule has 0 bridgehead atoms. The Kier molecular flexibility index (Phi) is 5.04. The van der Waals surface area contributed by atoms with E-state index in [4.69, 9.17) is 0 Å². The van der Waals surface area contributed by atoms with Gasteiger partial charge in [-0.25, -0.2) is 8.42 Å². The summed E-state index contributed by atoms with van der Waals surface area (Å²) >= 11 is 0. The van der Waals surface area contributed by atoms with Crippen molar-refractivity contribution in [1.29, 1.82) is 0 Å². The zero-order valence-corrected chi connectivity index (χ0v) is 16.1. The summed E-state index contributed by atoms with van der Waals surface area (Å²) in [5.41, 5.74) is 2.33. The predicted octanol–water partition coefficient (Wildman–Crippen LogP) is 1.53. The van der Waals surface area contributed by atoms with Crippen molar-refractivity contribution in [3.8, 4) is 0 Å². The van der Waals surface area contributed by atoms with E-state index in [0.717, 1.165) is 30.8 Å². The van der Waals surface area contributed by atoms with Gasteiger partial charge in [-0.05, 0) is 50.1 Å². The summed E-state index contributed by atoms with van der Waals surface area (Å²) in [6, 6.07) is 8.71. The minimum absolute atomic E-state index is 0.0353. The molecule has 3 rings (SSSR count). The highest BCUT2D eigenvalue weighted by Gasteiger charge is 2.23. The van der Waals surface area contributed by atoms with E-state index in [0.29, 0.717) is 17.1 Å². The van der Waals surface area contributed by atoms with Gasteiger partial charge in [0.1, 0.15) is 5.69 Å². The first-order valence-corrected chi connectivity index (χ1v) is 10.5. The van der Waals surface area contributed by atoms with Gasteiger partial charge in [0.05, 0.1) is 4.90 Å². The molecule has 0 saturated carbocycles. The van der Waals surface area contributed by atoms with Gasteiger partial charge in [0.2, 0.25) is 0 Å². The Labute approximate surface area is 153 Å². The molecule has 2 heterocycles. The molecule has 1 amide bonds. The molecule has 8 heteroatoms. The summed E-state index contributed by atoms with van der Waals surface area (Å²) < 4.78 is 24.9. The molecule has 2 aromatic rings. The number of rotatable bonds is 4. The van der Waals surface area contributed by atoms with Crippen LogP contribution in [0.5, 0.6) is 0 Å². The molecule has 1 aliphatic heterocycles. The van der Waals surface area contributed by atoms with Crippen LogP contribution >= 0.6 is 0 Å². The highest BCUT2D eigenvalue weighted by atomic mass is 32.2. The van der Waals surface area contributed by atoms with Crippen molar-refractivity contribution in [1.82, 2.24) is 15.1 Å². The number of hydrogen-bond acceptors (Lipinski definition) is 5. The van der Waals surface area contributed by atoms with Gasteiger partial charge in [-0.15, -0.1) is 0 Å². The number of aryl methyl sites for hydroxylation is 2. The largest absolute Gasteiger partial charge is 0.369 e. The molecule has 0 spiro atoms. The first-order valence-electron chi connectivity index (χ1n) is 8.60. The van der Waals surface area contributed by atoms with Crippen LogP contribution in [0.1, 0.15) is 29.0 Å². The Bertz CT molecular complexity index is 884. The second-order valence-electron chi connectivity index (χ2n) is 6.82. The fourth-order valence-electron chi connectivity index (χ4n) is 3.16. The summed E-state index contributed by atoms with van der Waals surface area (Å²) in [6.07, 6.45) is 3.07. The van der Waals surface area contributed by atoms with Gasteiger partial charge < -0.3 is 10.2 Å². The van der Waals surface area contributed by atoms with Crippen molar-refractivity contribution in [2.45, 2.75) is 30.7 Å². The molecule has 7 nitrogen and oxygen atoms in total. The first kappa shape index (κ1) is 18.4. The van der Waals surface area contributed by atoms with Crippen LogP contribution in [0, 0.1) is 6.92 Å². The Morgan fingerprint density at radius 2 is 1.96 bits per heavy atom. The number of sulfone groups is 1. The van der Waals surface area contributed by atoms with Gasteiger partial charge in [-0.2, -0.15) is 5.10 Å². The summed E-state index contributed by atoms with van der Waals surface area (Å²) in [5, 5.41) is 7.28. The molecule has 140 valence electrons. The number of nitrogens with zero attached hydrogens (tertiary/aromatic N) is 3. The number of aromatic nitrogens is 2. The minimum Gasteiger partial charge on any atom is -0.369 e. The third-order valence-electron chi connectivity index (χ3n) is 4.73. The van der Waals surface area contributed by atoms with E-state index in [9.17, 15) is 13.2 Å². The van der Waals surface area contributed by atoms with Gasteiger partial charge in [0.25, 0.3) is 5.91 Å². The minimum atomic E-state index is -3.19. The number of piperidine rings is 1. The van der Waals surface area contributed by atoms with Gasteiger partial charge >= 0.3 is 0 Å². The second-order valence-corrected chi connectivity index (χ2v) is 8.83. The van der Waals surface area contributed by atoms with E-state index in [1.54, 1.807) is 22.9 Å². The number of anilines is 1. The fourth-order valence-corrected chi connectivity index (χ4v) is 3.80. The van der Waals surface area contributed by atoms with Crippen molar-refractivity contribution in [2.75, 3.05) is 24.2 Å². The van der Waals surface area contributed by atoms with Crippen LogP contribution in [0.25, 0.3) is 0 Å². The fraction of sp³-hybridized carbons (Fsp3) is 0.444. The van der Waals surface area contributed by atoms with E-state index in [1.165, 1.54) is 6.26 Å². The number of benzene rings is 1. The van der Waals surface area contributed by atoms with E-state index in [2.05, 4.69) is 15.3 Å². The number of carbonyl (C=O) groups is 1. The highest BCUT2D eigenvalue weighted by Crippen LogP contribution is 2.22. The van der Waals surface area contributed by atoms with Crippen molar-refractivity contribution in [2.24, 2.45) is 7.05 Å². The molecule has 0 aliphatic carbocycles. The highest BCUT2D eigenvalue weighted by molar-refractivity contribution is 7.90. The third-order valence-corrected chi connectivity index (χ3v) is 5.86. The average Bonchev–Trinajstić information content (AvgIpc) is 2.94. The van der Waals surface area contributed by atoms with Crippen molar-refractivity contribution in [3.05, 3.63) is 41.7 Å². The van der Waals surface area contributed by atoms with Crippen LogP contribution in [0.15, 0.2) is 35.2 Å². The molecular formula is C18H24N4O3S. The summed E-state index contributed by atoms with van der Waals surface area (Å²) in [7, 11) is -1.38. The third kappa shape index (κ3) is 4.07. The summed E-state index contributed by atoms with van der Waals surface area (Å²) in [5.74, 6) is -0.159. The molecule has 1 aromatic heterocycles. The van der Waals surface area contributed by atoms with Crippen LogP contribution in [0.3, 0.4) is 0 Å². The van der Waals surface area contributed by atoms with Gasteiger partial charge in [-0.3, -0.25) is 9.48 Å². The Hall–Kier alpha value is -2.35. The lowest BCUT2D eigenvalue weighted by molar-refractivity contribution is 0.0927. The Morgan fingerprint density at radius 3 is 2.54 bits per heavy atom. The zero-order chi connectivity index (χ0) is 18.9. The average molecular weight is 376 g/mol. The Morgan fingerprint density at radius 1 is 1.27 bits per heavy atom. The molecule has 26 heavy (non-hydrogen) atoms. The maximum absolute atomic E-state index is 12.4. The van der Waals surface area contributed by atoms with Crippen molar-refractivity contribution >= 4 is 21.4 Å². The van der Waals surface area contributed by atoms with E-state index in [1.807, 2.05) is 26.1 Å². The summed E-state index contributed by atoms with van der Waals surface area (Å²) in [6.45, 7) is 3.48. The zero-order valence-electron chi connectivity index (χ0n) is 15.3. The predicted molar refractivity (Wildman–Crippen MR) is 100 cm³/mol. The number of carbonyl (C=O) groups excluding carboxylic acids is 1. The van der Waals surface area contributed by atoms with E-state index in [-0.39, 0.29) is 11.9 Å². The molecule has 1 aliphatic rings. The Balaban J connectivity index is 1.66. The smallest absolute Gasteiger partial charge is 0.272 e. The molecule has 0 radical (unpaired) electrons. The van der Waals surface area contributed by atoms with Gasteiger partial charge in [0, 0.05) is 43.8 Å². The molecule has 1 fully saturated rings.